The molecule has 0 aliphatic rings. The lowest BCUT2D eigenvalue weighted by molar-refractivity contribution is 0.142. The van der Waals surface area contributed by atoms with Gasteiger partial charge in [-0.05, 0) is 24.6 Å². The molecule has 0 aliphatic carbocycles. The van der Waals surface area contributed by atoms with E-state index in [1.807, 2.05) is 13.0 Å². The summed E-state index contributed by atoms with van der Waals surface area (Å²) in [5, 5.41) is 3.34. The van der Waals surface area contributed by atoms with E-state index in [4.69, 9.17) is 11.6 Å². The molecule has 1 atom stereocenters. The predicted octanol–water partition coefficient (Wildman–Crippen LogP) is 3.26. The Morgan fingerprint density at radius 2 is 2.14 bits per heavy atom. The summed E-state index contributed by atoms with van der Waals surface area (Å²) in [4.78, 5) is 0. The molecule has 1 N–H and O–H groups in total. The first kappa shape index (κ1) is 11.4. The normalized spacial score (nSPS) is 13.2. The molecule has 78 valence electrons. The summed E-state index contributed by atoms with van der Waals surface area (Å²) in [7, 11) is 0. The maximum absolute atomic E-state index is 11.9. The minimum atomic E-state index is -2.32. The Morgan fingerprint density at radius 1 is 1.43 bits per heavy atom. The van der Waals surface area contributed by atoms with Crippen LogP contribution in [0.4, 0.5) is 8.78 Å². The highest BCUT2D eigenvalue weighted by Gasteiger charge is 2.08. The van der Waals surface area contributed by atoms with Crippen molar-refractivity contribution in [1.82, 2.24) is 5.32 Å². The monoisotopic (exact) mass is 219 g/mol. The van der Waals surface area contributed by atoms with Crippen molar-refractivity contribution >= 4 is 11.6 Å². The molecule has 0 unspecified atom stereocenters. The lowest BCUT2D eigenvalue weighted by atomic mass is 10.1. The predicted molar refractivity (Wildman–Crippen MR) is 53.9 cm³/mol. The van der Waals surface area contributed by atoms with Crippen molar-refractivity contribution in [1.29, 1.82) is 0 Å². The Hall–Kier alpha value is -0.670. The van der Waals surface area contributed by atoms with E-state index in [2.05, 4.69) is 5.32 Å². The van der Waals surface area contributed by atoms with Crippen molar-refractivity contribution in [2.45, 2.75) is 19.4 Å². The summed E-state index contributed by atoms with van der Waals surface area (Å²) in [6.07, 6.45) is -2.32. The van der Waals surface area contributed by atoms with Crippen LogP contribution in [0, 0.1) is 0 Å². The molecule has 1 nitrogen and oxygen atoms in total. The van der Waals surface area contributed by atoms with Crippen LogP contribution in [0.1, 0.15) is 18.5 Å². The van der Waals surface area contributed by atoms with E-state index >= 15 is 0 Å². The highest BCUT2D eigenvalue weighted by atomic mass is 35.5. The molecule has 0 spiro atoms. The van der Waals surface area contributed by atoms with Crippen LogP contribution in [0.3, 0.4) is 0 Å². The zero-order valence-corrected chi connectivity index (χ0v) is 8.56. The van der Waals surface area contributed by atoms with E-state index in [0.717, 1.165) is 5.56 Å². The van der Waals surface area contributed by atoms with Crippen molar-refractivity contribution in [2.75, 3.05) is 6.54 Å². The minimum Gasteiger partial charge on any atom is -0.305 e. The first-order valence-corrected chi connectivity index (χ1v) is 4.74. The van der Waals surface area contributed by atoms with Gasteiger partial charge in [0, 0.05) is 11.1 Å². The zero-order chi connectivity index (χ0) is 10.6. The minimum absolute atomic E-state index is 0.109. The number of hydrogen-bond acceptors (Lipinski definition) is 1. The fourth-order valence-electron chi connectivity index (χ4n) is 1.16. The maximum Gasteiger partial charge on any atom is 0.250 e. The van der Waals surface area contributed by atoms with Gasteiger partial charge in [0.2, 0.25) is 0 Å². The van der Waals surface area contributed by atoms with Crippen LogP contribution in [0.2, 0.25) is 5.02 Å². The van der Waals surface area contributed by atoms with E-state index in [9.17, 15) is 8.78 Å². The number of hydrogen-bond donors (Lipinski definition) is 1. The van der Waals surface area contributed by atoms with Crippen LogP contribution in [-0.4, -0.2) is 13.0 Å². The van der Waals surface area contributed by atoms with E-state index in [1.54, 1.807) is 18.2 Å². The topological polar surface area (TPSA) is 12.0 Å². The number of benzene rings is 1. The molecule has 0 amide bonds. The van der Waals surface area contributed by atoms with Gasteiger partial charge < -0.3 is 5.32 Å². The fraction of sp³-hybridized carbons (Fsp3) is 0.400. The Bertz CT molecular complexity index is 291. The average molecular weight is 220 g/mol. The molecule has 1 rings (SSSR count). The summed E-state index contributed by atoms with van der Waals surface area (Å²) in [5.41, 5.74) is 0.915. The van der Waals surface area contributed by atoms with Crippen LogP contribution in [0.5, 0.6) is 0 Å². The highest BCUT2D eigenvalue weighted by Crippen LogP contribution is 2.17. The van der Waals surface area contributed by atoms with Crippen molar-refractivity contribution < 1.29 is 8.78 Å². The standard InChI is InChI=1S/C10H12ClF2N/c1-7(14-6-10(12)13)8-3-2-4-9(11)5-8/h2-5,7,10,14H,6H2,1H3/t7-/m0/s1. The Kier molecular flexibility index (Phi) is 4.29. The quantitative estimate of drug-likeness (QED) is 0.820. The Morgan fingerprint density at radius 3 is 2.71 bits per heavy atom. The highest BCUT2D eigenvalue weighted by molar-refractivity contribution is 6.30. The van der Waals surface area contributed by atoms with Crippen LogP contribution < -0.4 is 5.32 Å². The maximum atomic E-state index is 11.9. The summed E-state index contributed by atoms with van der Waals surface area (Å²) in [5.74, 6) is 0. The molecule has 0 saturated carbocycles. The van der Waals surface area contributed by atoms with Crippen molar-refractivity contribution in [3.63, 3.8) is 0 Å². The second-order valence-electron chi connectivity index (χ2n) is 3.08. The molecular weight excluding hydrogens is 208 g/mol. The van der Waals surface area contributed by atoms with Crippen LogP contribution in [-0.2, 0) is 0 Å². The van der Waals surface area contributed by atoms with Crippen LogP contribution >= 0.6 is 11.6 Å². The average Bonchev–Trinajstić information content (AvgIpc) is 2.14. The van der Waals surface area contributed by atoms with Gasteiger partial charge in [-0.25, -0.2) is 8.78 Å². The second kappa shape index (κ2) is 5.27. The Labute approximate surface area is 87.1 Å². The lowest BCUT2D eigenvalue weighted by Gasteiger charge is -2.13. The van der Waals surface area contributed by atoms with Gasteiger partial charge in [0.1, 0.15) is 0 Å². The first-order chi connectivity index (χ1) is 6.59. The molecule has 4 heteroatoms. The molecule has 0 saturated heterocycles. The van der Waals surface area contributed by atoms with E-state index < -0.39 is 6.43 Å². The number of nitrogens with one attached hydrogen (secondary N) is 1. The Balaban J connectivity index is 2.56. The molecule has 0 heterocycles. The van der Waals surface area contributed by atoms with Gasteiger partial charge in [0.15, 0.2) is 0 Å². The van der Waals surface area contributed by atoms with Gasteiger partial charge in [0.25, 0.3) is 6.43 Å². The van der Waals surface area contributed by atoms with Gasteiger partial charge in [-0.2, -0.15) is 0 Å². The number of halogens is 3. The van der Waals surface area contributed by atoms with E-state index in [-0.39, 0.29) is 12.6 Å². The van der Waals surface area contributed by atoms with Gasteiger partial charge >= 0.3 is 0 Å². The van der Waals surface area contributed by atoms with Gasteiger partial charge in [-0.1, -0.05) is 23.7 Å². The molecular formula is C10H12ClF2N. The zero-order valence-electron chi connectivity index (χ0n) is 7.81. The second-order valence-corrected chi connectivity index (χ2v) is 3.51. The fourth-order valence-corrected chi connectivity index (χ4v) is 1.36. The number of alkyl halides is 2. The van der Waals surface area contributed by atoms with Crippen molar-refractivity contribution in [3.05, 3.63) is 34.9 Å². The van der Waals surface area contributed by atoms with E-state index in [0.29, 0.717) is 5.02 Å². The third-order valence-corrected chi connectivity index (χ3v) is 2.16. The summed E-state index contributed by atoms with van der Waals surface area (Å²) >= 11 is 5.78. The van der Waals surface area contributed by atoms with Gasteiger partial charge in [-0.15, -0.1) is 0 Å². The van der Waals surface area contributed by atoms with Gasteiger partial charge in [-0.3, -0.25) is 0 Å². The molecule has 14 heavy (non-hydrogen) atoms. The first-order valence-electron chi connectivity index (χ1n) is 4.36. The SMILES string of the molecule is C[C@H](NCC(F)F)c1cccc(Cl)c1. The smallest absolute Gasteiger partial charge is 0.250 e. The van der Waals surface area contributed by atoms with Crippen LogP contribution in [0.15, 0.2) is 24.3 Å². The molecule has 0 aliphatic heterocycles. The summed E-state index contributed by atoms with van der Waals surface area (Å²) in [6.45, 7) is 1.53. The lowest BCUT2D eigenvalue weighted by Crippen LogP contribution is -2.24. The molecule has 1 aromatic rings. The molecule has 0 bridgehead atoms. The van der Waals surface area contributed by atoms with Gasteiger partial charge in [0.05, 0.1) is 6.54 Å². The van der Waals surface area contributed by atoms with E-state index in [1.165, 1.54) is 0 Å². The molecule has 0 radical (unpaired) electrons. The summed E-state index contributed by atoms with van der Waals surface area (Å²) in [6, 6.07) is 7.07. The number of rotatable bonds is 4. The third kappa shape index (κ3) is 3.60. The van der Waals surface area contributed by atoms with Crippen molar-refractivity contribution in [3.8, 4) is 0 Å². The third-order valence-electron chi connectivity index (χ3n) is 1.93. The largest absolute Gasteiger partial charge is 0.305 e. The van der Waals surface area contributed by atoms with Crippen LogP contribution in [0.25, 0.3) is 0 Å². The molecule has 0 aromatic heterocycles. The molecule has 0 fully saturated rings. The molecule has 1 aromatic carbocycles. The van der Waals surface area contributed by atoms with Crippen molar-refractivity contribution in [2.24, 2.45) is 0 Å². The summed E-state index contributed by atoms with van der Waals surface area (Å²) < 4.78 is 23.8.